The molecule has 0 aromatic rings. The summed E-state index contributed by atoms with van der Waals surface area (Å²) in [6.07, 6.45) is 1.19. The summed E-state index contributed by atoms with van der Waals surface area (Å²) in [6.45, 7) is 10.0. The highest BCUT2D eigenvalue weighted by molar-refractivity contribution is 8.13. The molecule has 0 aromatic carbocycles. The van der Waals surface area contributed by atoms with E-state index in [1.54, 1.807) is 0 Å². The molecule has 0 aromatic heterocycles. The van der Waals surface area contributed by atoms with Crippen LogP contribution in [0.5, 0.6) is 0 Å². The smallest absolute Gasteiger partial charge is 0.157 e. The molecule has 0 spiro atoms. The summed E-state index contributed by atoms with van der Waals surface area (Å²) in [5.41, 5.74) is 0.190. The first kappa shape index (κ1) is 12.8. The SMILES string of the molecule is CCOCC(C)N=C1NC(C)(C)CCS1. The van der Waals surface area contributed by atoms with E-state index in [-0.39, 0.29) is 11.6 Å². The Hall–Kier alpha value is -0.220. The standard InChI is InChI=1S/C11H22N2OS/c1-5-14-8-9(2)12-10-13-11(3,4)6-7-15-10/h9H,5-8H2,1-4H3,(H,12,13). The van der Waals surface area contributed by atoms with Gasteiger partial charge in [-0.15, -0.1) is 0 Å². The van der Waals surface area contributed by atoms with Crippen LogP contribution in [0.4, 0.5) is 0 Å². The van der Waals surface area contributed by atoms with E-state index in [2.05, 4.69) is 31.1 Å². The van der Waals surface area contributed by atoms with Crippen molar-refractivity contribution in [3.8, 4) is 0 Å². The molecule has 1 rings (SSSR count). The summed E-state index contributed by atoms with van der Waals surface area (Å²) in [4.78, 5) is 4.61. The van der Waals surface area contributed by atoms with Crippen LogP contribution in [0.3, 0.4) is 0 Å². The number of hydrogen-bond donors (Lipinski definition) is 1. The van der Waals surface area contributed by atoms with E-state index in [0.717, 1.165) is 17.5 Å². The average Bonchev–Trinajstić information content (AvgIpc) is 2.13. The van der Waals surface area contributed by atoms with Crippen molar-refractivity contribution in [3.05, 3.63) is 0 Å². The maximum absolute atomic E-state index is 5.34. The lowest BCUT2D eigenvalue weighted by molar-refractivity contribution is 0.137. The van der Waals surface area contributed by atoms with Crippen LogP contribution in [0.25, 0.3) is 0 Å². The number of nitrogens with zero attached hydrogens (tertiary/aromatic N) is 1. The van der Waals surface area contributed by atoms with Crippen molar-refractivity contribution < 1.29 is 4.74 Å². The molecular formula is C11H22N2OS. The van der Waals surface area contributed by atoms with E-state index in [1.165, 1.54) is 6.42 Å². The molecule has 0 aliphatic carbocycles. The molecule has 0 bridgehead atoms. The molecule has 1 atom stereocenters. The predicted molar refractivity (Wildman–Crippen MR) is 67.7 cm³/mol. The molecular weight excluding hydrogens is 208 g/mol. The summed E-state index contributed by atoms with van der Waals surface area (Å²) < 4.78 is 5.34. The minimum Gasteiger partial charge on any atom is -0.380 e. The van der Waals surface area contributed by atoms with Gasteiger partial charge >= 0.3 is 0 Å². The second-order valence-electron chi connectivity index (χ2n) is 4.55. The zero-order chi connectivity index (χ0) is 11.3. The Labute approximate surface area is 97.1 Å². The highest BCUT2D eigenvalue weighted by Crippen LogP contribution is 2.21. The van der Waals surface area contributed by atoms with Crippen molar-refractivity contribution in [2.75, 3.05) is 19.0 Å². The predicted octanol–water partition coefficient (Wildman–Crippen LogP) is 2.27. The number of thioether (sulfide) groups is 1. The van der Waals surface area contributed by atoms with E-state index >= 15 is 0 Å². The van der Waals surface area contributed by atoms with Crippen molar-refractivity contribution in [2.45, 2.75) is 45.7 Å². The molecule has 0 saturated carbocycles. The first-order valence-electron chi connectivity index (χ1n) is 5.60. The van der Waals surface area contributed by atoms with E-state index in [0.29, 0.717) is 6.61 Å². The minimum absolute atomic E-state index is 0.190. The molecule has 15 heavy (non-hydrogen) atoms. The van der Waals surface area contributed by atoms with Crippen LogP contribution in [0.1, 0.15) is 34.1 Å². The van der Waals surface area contributed by atoms with Gasteiger partial charge < -0.3 is 10.1 Å². The third-order valence-electron chi connectivity index (χ3n) is 2.31. The van der Waals surface area contributed by atoms with Crippen LogP contribution in [0.15, 0.2) is 4.99 Å². The lowest BCUT2D eigenvalue weighted by Crippen LogP contribution is -2.46. The molecule has 3 nitrogen and oxygen atoms in total. The zero-order valence-electron chi connectivity index (χ0n) is 10.2. The zero-order valence-corrected chi connectivity index (χ0v) is 11.0. The van der Waals surface area contributed by atoms with Gasteiger partial charge in [0, 0.05) is 17.9 Å². The largest absolute Gasteiger partial charge is 0.380 e. The average molecular weight is 230 g/mol. The number of rotatable bonds is 4. The van der Waals surface area contributed by atoms with Gasteiger partial charge in [-0.25, -0.2) is 0 Å². The maximum atomic E-state index is 5.34. The van der Waals surface area contributed by atoms with Crippen molar-refractivity contribution >= 4 is 16.9 Å². The van der Waals surface area contributed by atoms with Crippen molar-refractivity contribution in [2.24, 2.45) is 4.99 Å². The Balaban J connectivity index is 2.44. The number of ether oxygens (including phenoxy) is 1. The lowest BCUT2D eigenvalue weighted by atomic mass is 10.0. The Bertz CT molecular complexity index is 229. The Kier molecular flexibility index (Phi) is 4.93. The van der Waals surface area contributed by atoms with Gasteiger partial charge in [-0.1, -0.05) is 11.8 Å². The molecule has 4 heteroatoms. The number of amidine groups is 1. The quantitative estimate of drug-likeness (QED) is 0.804. The Morgan fingerprint density at radius 3 is 2.93 bits per heavy atom. The molecule has 1 aliphatic rings. The van der Waals surface area contributed by atoms with E-state index in [1.807, 2.05) is 18.7 Å². The third-order valence-corrected chi connectivity index (χ3v) is 3.20. The van der Waals surface area contributed by atoms with Gasteiger partial charge in [-0.05, 0) is 34.1 Å². The monoisotopic (exact) mass is 230 g/mol. The van der Waals surface area contributed by atoms with Gasteiger partial charge in [0.1, 0.15) is 0 Å². The second kappa shape index (κ2) is 5.75. The fraction of sp³-hybridized carbons (Fsp3) is 0.909. The van der Waals surface area contributed by atoms with E-state index in [4.69, 9.17) is 4.74 Å². The van der Waals surface area contributed by atoms with E-state index < -0.39 is 0 Å². The van der Waals surface area contributed by atoms with Crippen LogP contribution in [0, 0.1) is 0 Å². The molecule has 1 unspecified atom stereocenters. The lowest BCUT2D eigenvalue weighted by Gasteiger charge is -2.32. The van der Waals surface area contributed by atoms with E-state index in [9.17, 15) is 0 Å². The molecule has 0 amide bonds. The highest BCUT2D eigenvalue weighted by Gasteiger charge is 2.24. The normalized spacial score (nSPS) is 24.9. The second-order valence-corrected chi connectivity index (χ2v) is 5.63. The van der Waals surface area contributed by atoms with Crippen LogP contribution in [0.2, 0.25) is 0 Å². The molecule has 1 aliphatic heterocycles. The topological polar surface area (TPSA) is 33.6 Å². The van der Waals surface area contributed by atoms with Crippen LogP contribution in [-0.4, -0.2) is 35.7 Å². The molecule has 1 heterocycles. The summed E-state index contributed by atoms with van der Waals surface area (Å²) in [6, 6.07) is 0.244. The summed E-state index contributed by atoms with van der Waals surface area (Å²) in [7, 11) is 0. The highest BCUT2D eigenvalue weighted by atomic mass is 32.2. The summed E-state index contributed by atoms with van der Waals surface area (Å²) >= 11 is 1.81. The van der Waals surface area contributed by atoms with Gasteiger partial charge in [-0.2, -0.15) is 0 Å². The maximum Gasteiger partial charge on any atom is 0.157 e. The van der Waals surface area contributed by atoms with Gasteiger partial charge in [0.2, 0.25) is 0 Å². The van der Waals surface area contributed by atoms with Gasteiger partial charge in [0.05, 0.1) is 12.6 Å². The number of aliphatic imine (C=N–C) groups is 1. The van der Waals surface area contributed by atoms with Gasteiger partial charge in [0.25, 0.3) is 0 Å². The number of nitrogens with one attached hydrogen (secondary N) is 1. The molecule has 0 radical (unpaired) electrons. The minimum atomic E-state index is 0.190. The van der Waals surface area contributed by atoms with Crippen molar-refractivity contribution in [1.82, 2.24) is 5.32 Å². The van der Waals surface area contributed by atoms with Gasteiger partial charge in [-0.3, -0.25) is 4.99 Å². The molecule has 1 N–H and O–H groups in total. The van der Waals surface area contributed by atoms with Crippen LogP contribution in [-0.2, 0) is 4.74 Å². The third kappa shape index (κ3) is 4.89. The first-order chi connectivity index (χ1) is 7.03. The van der Waals surface area contributed by atoms with Crippen molar-refractivity contribution in [3.63, 3.8) is 0 Å². The van der Waals surface area contributed by atoms with Gasteiger partial charge in [0.15, 0.2) is 5.17 Å². The fourth-order valence-electron chi connectivity index (χ4n) is 1.39. The molecule has 1 fully saturated rings. The summed E-state index contributed by atoms with van der Waals surface area (Å²) in [5.74, 6) is 1.15. The molecule has 88 valence electrons. The van der Waals surface area contributed by atoms with Crippen molar-refractivity contribution in [1.29, 1.82) is 0 Å². The summed E-state index contributed by atoms with van der Waals surface area (Å²) in [5, 5.41) is 4.53. The number of hydrogen-bond acceptors (Lipinski definition) is 3. The van der Waals surface area contributed by atoms with Crippen LogP contribution < -0.4 is 5.32 Å². The van der Waals surface area contributed by atoms with Crippen LogP contribution >= 0.6 is 11.8 Å². The first-order valence-corrected chi connectivity index (χ1v) is 6.58. The Morgan fingerprint density at radius 1 is 1.60 bits per heavy atom. The Morgan fingerprint density at radius 2 is 2.33 bits per heavy atom. The molecule has 1 saturated heterocycles. The fourth-order valence-corrected chi connectivity index (χ4v) is 2.79.